The molecule has 0 spiro atoms. The molecule has 1 fully saturated rings. The number of aromatic nitrogens is 2. The third kappa shape index (κ3) is 4.89. The SMILES string of the molecule is C[C@H](CC(=O)NC[C@H](c1ccc(F)cc1)N1CCOCC1)n1ccnc1. The van der Waals surface area contributed by atoms with Gasteiger partial charge in [-0.2, -0.15) is 0 Å². The molecule has 2 aromatic rings. The number of rotatable bonds is 7. The maximum absolute atomic E-state index is 13.3. The molecular weight excluding hydrogens is 335 g/mol. The normalized spacial score (nSPS) is 17.6. The van der Waals surface area contributed by atoms with Crippen LogP contribution in [0.1, 0.15) is 31.0 Å². The Morgan fingerprint density at radius 2 is 2.04 bits per heavy atom. The Morgan fingerprint density at radius 3 is 2.69 bits per heavy atom. The summed E-state index contributed by atoms with van der Waals surface area (Å²) in [6, 6.07) is 6.56. The molecule has 0 saturated carbocycles. The number of hydrogen-bond donors (Lipinski definition) is 1. The fourth-order valence-electron chi connectivity index (χ4n) is 3.22. The molecule has 1 N–H and O–H groups in total. The number of hydrogen-bond acceptors (Lipinski definition) is 4. The van der Waals surface area contributed by atoms with Crippen molar-refractivity contribution in [2.24, 2.45) is 0 Å². The van der Waals surface area contributed by atoms with Crippen LogP contribution in [0.5, 0.6) is 0 Å². The number of ether oxygens (including phenoxy) is 1. The zero-order chi connectivity index (χ0) is 18.4. The minimum atomic E-state index is -0.257. The Kier molecular flexibility index (Phi) is 6.35. The minimum Gasteiger partial charge on any atom is -0.379 e. The van der Waals surface area contributed by atoms with Crippen LogP contribution in [0.4, 0.5) is 4.39 Å². The molecule has 0 unspecified atom stereocenters. The van der Waals surface area contributed by atoms with Crippen molar-refractivity contribution in [3.8, 4) is 0 Å². The first-order chi connectivity index (χ1) is 12.6. The highest BCUT2D eigenvalue weighted by Gasteiger charge is 2.23. The monoisotopic (exact) mass is 360 g/mol. The number of morpholine rings is 1. The summed E-state index contributed by atoms with van der Waals surface area (Å²) in [6.45, 7) is 5.40. The molecule has 6 nitrogen and oxygen atoms in total. The Labute approximate surface area is 153 Å². The molecule has 2 heterocycles. The summed E-state index contributed by atoms with van der Waals surface area (Å²) < 4.78 is 20.6. The number of nitrogens with zero attached hydrogens (tertiary/aromatic N) is 3. The van der Waals surface area contributed by atoms with Crippen molar-refractivity contribution in [2.75, 3.05) is 32.8 Å². The second-order valence-electron chi connectivity index (χ2n) is 6.58. The summed E-state index contributed by atoms with van der Waals surface area (Å²) >= 11 is 0. The first kappa shape index (κ1) is 18.5. The van der Waals surface area contributed by atoms with Gasteiger partial charge in [0.2, 0.25) is 5.91 Å². The number of carbonyl (C=O) groups is 1. The van der Waals surface area contributed by atoms with E-state index in [2.05, 4.69) is 15.2 Å². The molecule has 1 aliphatic rings. The number of halogens is 1. The van der Waals surface area contributed by atoms with Crippen LogP contribution in [0.3, 0.4) is 0 Å². The number of imidazole rings is 1. The van der Waals surface area contributed by atoms with Crippen LogP contribution in [0, 0.1) is 5.82 Å². The minimum absolute atomic E-state index is 0.00648. The van der Waals surface area contributed by atoms with E-state index in [1.165, 1.54) is 12.1 Å². The van der Waals surface area contributed by atoms with Crippen molar-refractivity contribution in [3.63, 3.8) is 0 Å². The van der Waals surface area contributed by atoms with Gasteiger partial charge in [0.25, 0.3) is 0 Å². The van der Waals surface area contributed by atoms with Gasteiger partial charge in [-0.3, -0.25) is 9.69 Å². The second-order valence-corrected chi connectivity index (χ2v) is 6.58. The first-order valence-electron chi connectivity index (χ1n) is 8.95. The fourth-order valence-corrected chi connectivity index (χ4v) is 3.22. The van der Waals surface area contributed by atoms with Crippen molar-refractivity contribution >= 4 is 5.91 Å². The second kappa shape index (κ2) is 8.91. The molecule has 1 aromatic heterocycles. The van der Waals surface area contributed by atoms with Crippen LogP contribution < -0.4 is 5.32 Å². The zero-order valence-corrected chi connectivity index (χ0v) is 15.0. The third-order valence-corrected chi connectivity index (χ3v) is 4.75. The summed E-state index contributed by atoms with van der Waals surface area (Å²) in [6.07, 6.45) is 5.66. The van der Waals surface area contributed by atoms with Gasteiger partial charge in [-0.15, -0.1) is 0 Å². The number of amides is 1. The van der Waals surface area contributed by atoms with E-state index in [1.807, 2.05) is 17.7 Å². The average Bonchev–Trinajstić information content (AvgIpc) is 3.19. The predicted octanol–water partition coefficient (Wildman–Crippen LogP) is 2.16. The molecule has 140 valence electrons. The molecule has 0 aliphatic carbocycles. The van der Waals surface area contributed by atoms with Gasteiger partial charge in [-0.05, 0) is 24.6 Å². The van der Waals surface area contributed by atoms with E-state index < -0.39 is 0 Å². The highest BCUT2D eigenvalue weighted by atomic mass is 19.1. The molecule has 1 aromatic carbocycles. The molecule has 7 heteroatoms. The van der Waals surface area contributed by atoms with E-state index in [1.54, 1.807) is 24.7 Å². The molecule has 26 heavy (non-hydrogen) atoms. The van der Waals surface area contributed by atoms with Gasteiger partial charge in [0, 0.05) is 44.5 Å². The van der Waals surface area contributed by atoms with Gasteiger partial charge in [-0.25, -0.2) is 9.37 Å². The number of carbonyl (C=O) groups excluding carboxylic acids is 1. The molecule has 0 bridgehead atoms. The van der Waals surface area contributed by atoms with Crippen LogP contribution in [0.25, 0.3) is 0 Å². The zero-order valence-electron chi connectivity index (χ0n) is 15.0. The molecule has 0 radical (unpaired) electrons. The van der Waals surface area contributed by atoms with Crippen LogP contribution in [-0.2, 0) is 9.53 Å². The predicted molar refractivity (Wildman–Crippen MR) is 96.1 cm³/mol. The summed E-state index contributed by atoms with van der Waals surface area (Å²) in [5.74, 6) is -0.265. The molecule has 1 aliphatic heterocycles. The van der Waals surface area contributed by atoms with Crippen LogP contribution in [-0.4, -0.2) is 53.2 Å². The van der Waals surface area contributed by atoms with Gasteiger partial charge in [0.05, 0.1) is 25.6 Å². The Morgan fingerprint density at radius 1 is 1.31 bits per heavy atom. The summed E-state index contributed by atoms with van der Waals surface area (Å²) in [7, 11) is 0. The van der Waals surface area contributed by atoms with Crippen LogP contribution in [0.15, 0.2) is 43.0 Å². The van der Waals surface area contributed by atoms with E-state index in [4.69, 9.17) is 4.74 Å². The van der Waals surface area contributed by atoms with Gasteiger partial charge in [0.15, 0.2) is 0 Å². The van der Waals surface area contributed by atoms with Gasteiger partial charge in [-0.1, -0.05) is 12.1 Å². The molecule has 3 rings (SSSR count). The van der Waals surface area contributed by atoms with Gasteiger partial charge < -0.3 is 14.6 Å². The van der Waals surface area contributed by atoms with Crippen LogP contribution >= 0.6 is 0 Å². The lowest BCUT2D eigenvalue weighted by Gasteiger charge is -2.35. The highest BCUT2D eigenvalue weighted by molar-refractivity contribution is 5.76. The standard InChI is InChI=1S/C19H25FN4O2/c1-15(24-7-6-21-14-24)12-19(25)22-13-18(23-8-10-26-11-9-23)16-2-4-17(20)5-3-16/h2-7,14-15,18H,8-13H2,1H3,(H,22,25)/t15-,18-/m1/s1. The molecule has 1 saturated heterocycles. The van der Waals surface area contributed by atoms with E-state index in [0.29, 0.717) is 26.2 Å². The van der Waals surface area contributed by atoms with Crippen molar-refractivity contribution in [2.45, 2.75) is 25.4 Å². The quantitative estimate of drug-likeness (QED) is 0.822. The van der Waals surface area contributed by atoms with Gasteiger partial charge >= 0.3 is 0 Å². The first-order valence-corrected chi connectivity index (χ1v) is 8.95. The fraction of sp³-hybridized carbons (Fsp3) is 0.474. The maximum Gasteiger partial charge on any atom is 0.222 e. The summed E-state index contributed by atoms with van der Waals surface area (Å²) in [4.78, 5) is 18.7. The topological polar surface area (TPSA) is 59.4 Å². The van der Waals surface area contributed by atoms with Crippen molar-refractivity contribution < 1.29 is 13.9 Å². The smallest absolute Gasteiger partial charge is 0.222 e. The largest absolute Gasteiger partial charge is 0.379 e. The highest BCUT2D eigenvalue weighted by Crippen LogP contribution is 2.22. The number of benzene rings is 1. The average molecular weight is 360 g/mol. The van der Waals surface area contributed by atoms with E-state index in [-0.39, 0.29) is 23.8 Å². The number of nitrogens with one attached hydrogen (secondary N) is 1. The lowest BCUT2D eigenvalue weighted by atomic mass is 10.0. The summed E-state index contributed by atoms with van der Waals surface area (Å²) in [5.41, 5.74) is 0.997. The molecular formula is C19H25FN4O2. The lowest BCUT2D eigenvalue weighted by Crippen LogP contribution is -2.44. The Balaban J connectivity index is 1.61. The molecule has 2 atom stereocenters. The molecule has 1 amide bonds. The Bertz CT molecular complexity index is 684. The Hall–Kier alpha value is -2.25. The van der Waals surface area contributed by atoms with Crippen molar-refractivity contribution in [1.29, 1.82) is 0 Å². The van der Waals surface area contributed by atoms with Crippen molar-refractivity contribution in [1.82, 2.24) is 19.8 Å². The van der Waals surface area contributed by atoms with Gasteiger partial charge in [0.1, 0.15) is 5.82 Å². The maximum atomic E-state index is 13.3. The van der Waals surface area contributed by atoms with Crippen LogP contribution in [0.2, 0.25) is 0 Å². The van der Waals surface area contributed by atoms with E-state index in [9.17, 15) is 9.18 Å². The van der Waals surface area contributed by atoms with E-state index >= 15 is 0 Å². The third-order valence-electron chi connectivity index (χ3n) is 4.75. The van der Waals surface area contributed by atoms with E-state index in [0.717, 1.165) is 18.7 Å². The lowest BCUT2D eigenvalue weighted by molar-refractivity contribution is -0.122. The van der Waals surface area contributed by atoms with Crippen molar-refractivity contribution in [3.05, 3.63) is 54.4 Å². The summed E-state index contributed by atoms with van der Waals surface area (Å²) in [5, 5.41) is 3.04.